The summed E-state index contributed by atoms with van der Waals surface area (Å²) in [6, 6.07) is 4.41. The number of aromatic nitrogens is 3. The van der Waals surface area contributed by atoms with Gasteiger partial charge in [-0.1, -0.05) is 6.07 Å². The minimum absolute atomic E-state index is 0.250. The maximum Gasteiger partial charge on any atom is 0.133 e. The van der Waals surface area contributed by atoms with Gasteiger partial charge in [-0.25, -0.2) is 9.97 Å². The Bertz CT molecular complexity index is 732. The highest BCUT2D eigenvalue weighted by Gasteiger charge is 2.24. The van der Waals surface area contributed by atoms with Crippen LogP contribution in [-0.4, -0.2) is 59.2 Å². The highest BCUT2D eigenvalue weighted by molar-refractivity contribution is 5.48. The van der Waals surface area contributed by atoms with E-state index in [1.807, 2.05) is 25.4 Å². The Morgan fingerprint density at radius 2 is 2.19 bits per heavy atom. The van der Waals surface area contributed by atoms with E-state index in [9.17, 15) is 0 Å². The molecule has 7 nitrogen and oxygen atoms in total. The summed E-state index contributed by atoms with van der Waals surface area (Å²) in [5.41, 5.74) is 3.60. The second-order valence-corrected chi connectivity index (χ2v) is 6.80. The van der Waals surface area contributed by atoms with Crippen LogP contribution in [0.1, 0.15) is 28.7 Å². The molecule has 4 heterocycles. The average molecular weight is 354 g/mol. The highest BCUT2D eigenvalue weighted by Crippen LogP contribution is 2.24. The van der Waals surface area contributed by atoms with Gasteiger partial charge in [-0.2, -0.15) is 0 Å². The number of morpholine rings is 1. The highest BCUT2D eigenvalue weighted by atomic mass is 16.5. The topological polar surface area (TPSA) is 75.2 Å². The second kappa shape index (κ2) is 8.07. The molecule has 0 radical (unpaired) electrons. The van der Waals surface area contributed by atoms with Gasteiger partial charge in [0.1, 0.15) is 11.6 Å². The summed E-state index contributed by atoms with van der Waals surface area (Å²) < 4.78 is 5.53. The molecular weight excluding hydrogens is 328 g/mol. The number of hydrogen-bond donors (Lipinski definition) is 2. The number of rotatable bonds is 5. The summed E-state index contributed by atoms with van der Waals surface area (Å²) in [7, 11) is 0. The van der Waals surface area contributed by atoms with Crippen molar-refractivity contribution in [3.8, 4) is 0 Å². The van der Waals surface area contributed by atoms with E-state index >= 15 is 0 Å². The molecule has 1 fully saturated rings. The van der Waals surface area contributed by atoms with Crippen LogP contribution in [0.25, 0.3) is 0 Å². The van der Waals surface area contributed by atoms with Crippen molar-refractivity contribution in [1.82, 2.24) is 25.2 Å². The van der Waals surface area contributed by atoms with Crippen molar-refractivity contribution < 1.29 is 4.74 Å². The first-order valence-corrected chi connectivity index (χ1v) is 9.34. The first kappa shape index (κ1) is 17.3. The van der Waals surface area contributed by atoms with Crippen LogP contribution in [0.5, 0.6) is 0 Å². The molecular formula is C19H26N6O. The van der Waals surface area contributed by atoms with Crippen molar-refractivity contribution in [2.45, 2.75) is 25.9 Å². The third kappa shape index (κ3) is 3.85. The molecule has 0 aliphatic carbocycles. The number of aryl methyl sites for hydroxylation is 1. The zero-order valence-corrected chi connectivity index (χ0v) is 15.2. The average Bonchev–Trinajstić information content (AvgIpc) is 2.69. The minimum atomic E-state index is 0.250. The SMILES string of the molecule is Cc1nc2c(c(NC[C@@H](c3cccnc3)N3CCOCC3)n1)CCNC2. The predicted octanol–water partition coefficient (Wildman–Crippen LogP) is 1.31. The standard InChI is InChI=1S/C19H26N6O/c1-14-23-17-12-21-6-4-16(17)19(24-14)22-13-18(15-3-2-5-20-11-15)25-7-9-26-10-8-25/h2-3,5,11,18,21H,4,6-10,12-13H2,1H3,(H,22,23,24)/t18-/m0/s1. The number of fused-ring (bicyclic) bond motifs is 1. The Hall–Kier alpha value is -2.09. The predicted molar refractivity (Wildman–Crippen MR) is 100 cm³/mol. The summed E-state index contributed by atoms with van der Waals surface area (Å²) in [6.45, 7) is 7.99. The summed E-state index contributed by atoms with van der Waals surface area (Å²) in [5.74, 6) is 1.80. The normalized spacial score (nSPS) is 19.0. The quantitative estimate of drug-likeness (QED) is 0.838. The number of ether oxygens (including phenoxy) is 1. The lowest BCUT2D eigenvalue weighted by molar-refractivity contribution is 0.0186. The van der Waals surface area contributed by atoms with E-state index in [1.54, 1.807) is 0 Å². The van der Waals surface area contributed by atoms with Crippen LogP contribution in [0, 0.1) is 6.92 Å². The fourth-order valence-corrected chi connectivity index (χ4v) is 3.74. The third-order valence-electron chi connectivity index (χ3n) is 5.07. The molecule has 2 aromatic rings. The van der Waals surface area contributed by atoms with Crippen LogP contribution in [0.3, 0.4) is 0 Å². The molecule has 0 amide bonds. The Morgan fingerprint density at radius 1 is 1.31 bits per heavy atom. The van der Waals surface area contributed by atoms with Gasteiger partial charge in [0, 0.05) is 44.1 Å². The van der Waals surface area contributed by atoms with Crippen molar-refractivity contribution in [3.05, 3.63) is 47.2 Å². The van der Waals surface area contributed by atoms with Crippen LogP contribution >= 0.6 is 0 Å². The van der Waals surface area contributed by atoms with Gasteiger partial charge in [0.05, 0.1) is 24.9 Å². The van der Waals surface area contributed by atoms with E-state index in [-0.39, 0.29) is 6.04 Å². The molecule has 7 heteroatoms. The number of pyridine rings is 1. The van der Waals surface area contributed by atoms with Crippen molar-refractivity contribution in [3.63, 3.8) is 0 Å². The molecule has 0 bridgehead atoms. The van der Waals surface area contributed by atoms with Crippen molar-refractivity contribution in [2.75, 3.05) is 44.7 Å². The van der Waals surface area contributed by atoms with Gasteiger partial charge >= 0.3 is 0 Å². The monoisotopic (exact) mass is 354 g/mol. The van der Waals surface area contributed by atoms with Crippen molar-refractivity contribution >= 4 is 5.82 Å². The molecule has 4 rings (SSSR count). The Labute approximate surface area is 154 Å². The summed E-state index contributed by atoms with van der Waals surface area (Å²) in [6.07, 6.45) is 4.75. The lowest BCUT2D eigenvalue weighted by Crippen LogP contribution is -2.41. The first-order valence-electron chi connectivity index (χ1n) is 9.34. The summed E-state index contributed by atoms with van der Waals surface area (Å²) in [4.78, 5) is 16.1. The van der Waals surface area contributed by atoms with Gasteiger partial charge in [0.15, 0.2) is 0 Å². The number of nitrogens with one attached hydrogen (secondary N) is 2. The molecule has 138 valence electrons. The van der Waals surface area contributed by atoms with Gasteiger partial charge in [-0.3, -0.25) is 9.88 Å². The van der Waals surface area contributed by atoms with Gasteiger partial charge < -0.3 is 15.4 Å². The largest absolute Gasteiger partial charge is 0.379 e. The van der Waals surface area contributed by atoms with Gasteiger partial charge in [-0.15, -0.1) is 0 Å². The fraction of sp³-hybridized carbons (Fsp3) is 0.526. The second-order valence-electron chi connectivity index (χ2n) is 6.80. The Morgan fingerprint density at radius 3 is 3.00 bits per heavy atom. The van der Waals surface area contributed by atoms with E-state index in [0.29, 0.717) is 0 Å². The third-order valence-corrected chi connectivity index (χ3v) is 5.07. The number of nitrogens with zero attached hydrogens (tertiary/aromatic N) is 4. The molecule has 2 aliphatic heterocycles. The van der Waals surface area contributed by atoms with Crippen LogP contribution in [0.15, 0.2) is 24.5 Å². The van der Waals surface area contributed by atoms with Crippen LogP contribution in [-0.2, 0) is 17.7 Å². The van der Waals surface area contributed by atoms with E-state index < -0.39 is 0 Å². The molecule has 2 aliphatic rings. The van der Waals surface area contributed by atoms with Crippen LogP contribution in [0.2, 0.25) is 0 Å². The van der Waals surface area contributed by atoms with E-state index in [4.69, 9.17) is 4.74 Å². The van der Waals surface area contributed by atoms with Crippen molar-refractivity contribution in [1.29, 1.82) is 0 Å². The zero-order valence-electron chi connectivity index (χ0n) is 15.2. The lowest BCUT2D eigenvalue weighted by atomic mass is 10.0. The number of anilines is 1. The van der Waals surface area contributed by atoms with Gasteiger partial charge in [-0.05, 0) is 31.5 Å². The first-order chi connectivity index (χ1) is 12.8. The van der Waals surface area contributed by atoms with Crippen molar-refractivity contribution in [2.24, 2.45) is 0 Å². The Balaban J connectivity index is 1.56. The maximum absolute atomic E-state index is 5.53. The molecule has 1 atom stereocenters. The minimum Gasteiger partial charge on any atom is -0.379 e. The molecule has 2 aromatic heterocycles. The van der Waals surface area contributed by atoms with E-state index in [1.165, 1.54) is 11.1 Å². The van der Waals surface area contributed by atoms with Crippen LogP contribution < -0.4 is 10.6 Å². The van der Waals surface area contributed by atoms with Crippen LogP contribution in [0.4, 0.5) is 5.82 Å². The zero-order chi connectivity index (χ0) is 17.8. The number of hydrogen-bond acceptors (Lipinski definition) is 7. The molecule has 1 saturated heterocycles. The summed E-state index contributed by atoms with van der Waals surface area (Å²) in [5, 5.41) is 7.01. The molecule has 2 N–H and O–H groups in total. The fourth-order valence-electron chi connectivity index (χ4n) is 3.74. The van der Waals surface area contributed by atoms with Gasteiger partial charge in [0.25, 0.3) is 0 Å². The lowest BCUT2D eigenvalue weighted by Gasteiger charge is -2.35. The summed E-state index contributed by atoms with van der Waals surface area (Å²) >= 11 is 0. The maximum atomic E-state index is 5.53. The molecule has 0 unspecified atom stereocenters. The van der Waals surface area contributed by atoms with E-state index in [2.05, 4.69) is 36.6 Å². The molecule has 0 saturated carbocycles. The molecule has 0 aromatic carbocycles. The Kier molecular flexibility index (Phi) is 5.38. The molecule has 26 heavy (non-hydrogen) atoms. The van der Waals surface area contributed by atoms with E-state index in [0.717, 1.165) is 69.7 Å². The smallest absolute Gasteiger partial charge is 0.133 e. The van der Waals surface area contributed by atoms with Gasteiger partial charge in [0.2, 0.25) is 0 Å². The molecule has 0 spiro atoms.